The Morgan fingerprint density at radius 3 is 2.90 bits per heavy atom. The van der Waals surface area contributed by atoms with Crippen LogP contribution in [0.5, 0.6) is 5.75 Å². The molecule has 0 heterocycles. The van der Waals surface area contributed by atoms with Crippen molar-refractivity contribution in [2.24, 2.45) is 0 Å². The summed E-state index contributed by atoms with van der Waals surface area (Å²) >= 11 is 0. The Hall–Kier alpha value is -1.10. The Kier molecular flexibility index (Phi) is 9.04. The van der Waals surface area contributed by atoms with Gasteiger partial charge in [-0.3, -0.25) is 0 Å². The third-order valence-electron chi connectivity index (χ3n) is 2.80. The maximum absolute atomic E-state index is 9.80. The monoisotopic (exact) mass is 281 g/mol. The first-order valence-electron chi connectivity index (χ1n) is 7.38. The smallest absolute Gasteiger partial charge is 0.119 e. The minimum Gasteiger partial charge on any atom is -0.491 e. The van der Waals surface area contributed by atoms with Crippen LogP contribution < -0.4 is 10.1 Å². The minimum absolute atomic E-state index is 0.308. The predicted octanol–water partition coefficient (Wildman–Crippen LogP) is 2.14. The lowest BCUT2D eigenvalue weighted by molar-refractivity contribution is 0.103. The fourth-order valence-corrected chi connectivity index (χ4v) is 1.77. The third kappa shape index (κ3) is 8.15. The standard InChI is InChI=1S/C16H27NO3/c1-3-9-19-10-5-8-17-12-15(18)13-20-16-7-4-6-14(2)11-16/h4,6-7,11,15,17-18H,3,5,8-10,12-13H2,1-2H3. The quantitative estimate of drug-likeness (QED) is 0.610. The van der Waals surface area contributed by atoms with Crippen molar-refractivity contribution < 1.29 is 14.6 Å². The van der Waals surface area contributed by atoms with Crippen LogP contribution in [0.3, 0.4) is 0 Å². The molecule has 2 N–H and O–H groups in total. The molecule has 1 atom stereocenters. The van der Waals surface area contributed by atoms with E-state index in [2.05, 4.69) is 12.2 Å². The molecule has 1 aromatic rings. The highest BCUT2D eigenvalue weighted by Gasteiger charge is 2.04. The SMILES string of the molecule is CCCOCCCNCC(O)COc1cccc(C)c1. The highest BCUT2D eigenvalue weighted by Crippen LogP contribution is 2.12. The van der Waals surface area contributed by atoms with Gasteiger partial charge in [-0.1, -0.05) is 19.1 Å². The second-order valence-electron chi connectivity index (χ2n) is 4.95. The van der Waals surface area contributed by atoms with Crippen LogP contribution in [0, 0.1) is 6.92 Å². The van der Waals surface area contributed by atoms with Crippen molar-refractivity contribution in [3.63, 3.8) is 0 Å². The lowest BCUT2D eigenvalue weighted by atomic mass is 10.2. The summed E-state index contributed by atoms with van der Waals surface area (Å²) in [5, 5.41) is 13.0. The van der Waals surface area contributed by atoms with Gasteiger partial charge in [-0.05, 0) is 44.0 Å². The lowest BCUT2D eigenvalue weighted by Gasteiger charge is -2.13. The molecule has 0 fully saturated rings. The molecule has 0 amide bonds. The number of benzene rings is 1. The van der Waals surface area contributed by atoms with Crippen LogP contribution in [0.2, 0.25) is 0 Å². The van der Waals surface area contributed by atoms with E-state index in [1.807, 2.05) is 31.2 Å². The van der Waals surface area contributed by atoms with Gasteiger partial charge < -0.3 is 19.9 Å². The summed E-state index contributed by atoms with van der Waals surface area (Å²) in [5.41, 5.74) is 1.15. The molecule has 4 heteroatoms. The van der Waals surface area contributed by atoms with Crippen molar-refractivity contribution in [1.82, 2.24) is 5.32 Å². The summed E-state index contributed by atoms with van der Waals surface area (Å²) < 4.78 is 10.9. The van der Waals surface area contributed by atoms with Gasteiger partial charge in [-0.2, -0.15) is 0 Å². The van der Waals surface area contributed by atoms with Gasteiger partial charge in [0.1, 0.15) is 18.5 Å². The van der Waals surface area contributed by atoms with Gasteiger partial charge in [0.25, 0.3) is 0 Å². The molecule has 1 aromatic carbocycles. The van der Waals surface area contributed by atoms with Crippen molar-refractivity contribution in [2.75, 3.05) is 32.9 Å². The van der Waals surface area contributed by atoms with Crippen molar-refractivity contribution in [2.45, 2.75) is 32.8 Å². The van der Waals surface area contributed by atoms with Crippen molar-refractivity contribution >= 4 is 0 Å². The molecule has 0 bridgehead atoms. The summed E-state index contributed by atoms with van der Waals surface area (Å²) in [6.07, 6.45) is 1.53. The normalized spacial score (nSPS) is 12.3. The Balaban J connectivity index is 2.01. The van der Waals surface area contributed by atoms with E-state index in [0.29, 0.717) is 13.2 Å². The number of aliphatic hydroxyl groups excluding tert-OH is 1. The molecule has 114 valence electrons. The molecule has 0 aromatic heterocycles. The number of hydrogen-bond acceptors (Lipinski definition) is 4. The van der Waals surface area contributed by atoms with Crippen LogP contribution in [-0.4, -0.2) is 44.1 Å². The van der Waals surface area contributed by atoms with Gasteiger partial charge in [0.2, 0.25) is 0 Å². The summed E-state index contributed by atoms with van der Waals surface area (Å²) in [5.74, 6) is 0.803. The summed E-state index contributed by atoms with van der Waals surface area (Å²) in [7, 11) is 0. The average molecular weight is 281 g/mol. The number of hydrogen-bond donors (Lipinski definition) is 2. The Labute approximate surface area is 122 Å². The van der Waals surface area contributed by atoms with E-state index in [1.165, 1.54) is 0 Å². The van der Waals surface area contributed by atoms with Gasteiger partial charge in [-0.25, -0.2) is 0 Å². The number of nitrogens with one attached hydrogen (secondary N) is 1. The van der Waals surface area contributed by atoms with E-state index in [9.17, 15) is 5.11 Å². The maximum atomic E-state index is 9.80. The molecular formula is C16H27NO3. The summed E-state index contributed by atoms with van der Waals surface area (Å²) in [6, 6.07) is 7.83. The number of rotatable bonds is 11. The fourth-order valence-electron chi connectivity index (χ4n) is 1.77. The molecule has 0 saturated carbocycles. The molecule has 1 unspecified atom stereocenters. The Morgan fingerprint density at radius 1 is 1.30 bits per heavy atom. The molecule has 4 nitrogen and oxygen atoms in total. The summed E-state index contributed by atoms with van der Waals surface area (Å²) in [6.45, 7) is 7.42. The number of aryl methyl sites for hydroxylation is 1. The van der Waals surface area contributed by atoms with E-state index in [-0.39, 0.29) is 0 Å². The first-order valence-corrected chi connectivity index (χ1v) is 7.38. The summed E-state index contributed by atoms with van der Waals surface area (Å²) in [4.78, 5) is 0. The molecule has 0 radical (unpaired) electrons. The largest absolute Gasteiger partial charge is 0.491 e. The topological polar surface area (TPSA) is 50.7 Å². The predicted molar refractivity (Wildman–Crippen MR) is 81.3 cm³/mol. The molecular weight excluding hydrogens is 254 g/mol. The van der Waals surface area contributed by atoms with Crippen LogP contribution in [0.4, 0.5) is 0 Å². The number of ether oxygens (including phenoxy) is 2. The van der Waals surface area contributed by atoms with Crippen molar-refractivity contribution in [3.8, 4) is 5.75 Å². The Morgan fingerprint density at radius 2 is 2.15 bits per heavy atom. The zero-order valence-electron chi connectivity index (χ0n) is 12.6. The van der Waals surface area contributed by atoms with Crippen LogP contribution in [0.25, 0.3) is 0 Å². The van der Waals surface area contributed by atoms with E-state index in [4.69, 9.17) is 9.47 Å². The molecule has 0 saturated heterocycles. The lowest BCUT2D eigenvalue weighted by Crippen LogP contribution is -2.32. The average Bonchev–Trinajstić information content (AvgIpc) is 2.44. The molecule has 0 aliphatic carbocycles. The third-order valence-corrected chi connectivity index (χ3v) is 2.80. The highest BCUT2D eigenvalue weighted by atomic mass is 16.5. The molecule has 0 aliphatic heterocycles. The van der Waals surface area contributed by atoms with Gasteiger partial charge in [0.05, 0.1) is 0 Å². The second kappa shape index (κ2) is 10.7. The van der Waals surface area contributed by atoms with E-state index < -0.39 is 6.10 Å². The van der Waals surface area contributed by atoms with Crippen LogP contribution in [0.1, 0.15) is 25.3 Å². The Bertz CT molecular complexity index is 357. The minimum atomic E-state index is -0.493. The molecule has 0 aliphatic rings. The maximum Gasteiger partial charge on any atom is 0.119 e. The van der Waals surface area contributed by atoms with E-state index in [0.717, 1.165) is 43.9 Å². The van der Waals surface area contributed by atoms with Crippen LogP contribution >= 0.6 is 0 Å². The zero-order chi connectivity index (χ0) is 14.6. The van der Waals surface area contributed by atoms with Gasteiger partial charge in [-0.15, -0.1) is 0 Å². The van der Waals surface area contributed by atoms with Gasteiger partial charge in [0, 0.05) is 19.8 Å². The zero-order valence-corrected chi connectivity index (χ0v) is 12.6. The number of aliphatic hydroxyl groups is 1. The molecule has 20 heavy (non-hydrogen) atoms. The molecule has 0 spiro atoms. The second-order valence-corrected chi connectivity index (χ2v) is 4.95. The van der Waals surface area contributed by atoms with Crippen LogP contribution in [-0.2, 0) is 4.74 Å². The van der Waals surface area contributed by atoms with Gasteiger partial charge >= 0.3 is 0 Å². The van der Waals surface area contributed by atoms with Crippen molar-refractivity contribution in [1.29, 1.82) is 0 Å². The van der Waals surface area contributed by atoms with E-state index in [1.54, 1.807) is 0 Å². The first-order chi connectivity index (χ1) is 9.72. The van der Waals surface area contributed by atoms with E-state index >= 15 is 0 Å². The fraction of sp³-hybridized carbons (Fsp3) is 0.625. The molecule has 1 rings (SSSR count). The first kappa shape index (κ1) is 17.0. The van der Waals surface area contributed by atoms with Crippen molar-refractivity contribution in [3.05, 3.63) is 29.8 Å². The highest BCUT2D eigenvalue weighted by molar-refractivity contribution is 5.27. The van der Waals surface area contributed by atoms with Crippen LogP contribution in [0.15, 0.2) is 24.3 Å². The van der Waals surface area contributed by atoms with Gasteiger partial charge in [0.15, 0.2) is 0 Å².